The largest absolute Gasteiger partial charge is 0.456 e. The summed E-state index contributed by atoms with van der Waals surface area (Å²) < 4.78 is 5.22. The molecular weight excluding hydrogens is 194 g/mol. The normalized spacial score (nSPS) is 16.8. The number of carbonyl (C=O) groups is 2. The Morgan fingerprint density at radius 2 is 2.27 bits per heavy atom. The number of likely N-dealkylation sites (tertiary alicyclic amines) is 1. The molecule has 0 bridgehead atoms. The highest BCUT2D eigenvalue weighted by molar-refractivity contribution is 5.76. The number of aldehydes is 1. The Balaban J connectivity index is 2.00. The Morgan fingerprint density at radius 1 is 1.40 bits per heavy atom. The van der Waals surface area contributed by atoms with Crippen LogP contribution in [0, 0.1) is 0 Å². The Labute approximate surface area is 87.9 Å². The van der Waals surface area contributed by atoms with Gasteiger partial charge in [0.1, 0.15) is 5.76 Å². The number of furan rings is 1. The number of rotatable bonds is 3. The Hall–Kier alpha value is -1.58. The predicted octanol–water partition coefficient (Wildman–Crippen LogP) is 1.60. The van der Waals surface area contributed by atoms with Crippen molar-refractivity contribution in [3.05, 3.63) is 23.7 Å². The zero-order valence-electron chi connectivity index (χ0n) is 8.44. The number of hydrogen-bond donors (Lipinski definition) is 0. The van der Waals surface area contributed by atoms with E-state index in [1.807, 2.05) is 0 Å². The molecule has 0 aliphatic carbocycles. The first-order valence-electron chi connectivity index (χ1n) is 5.11. The molecule has 1 saturated heterocycles. The van der Waals surface area contributed by atoms with Crippen molar-refractivity contribution in [2.45, 2.75) is 25.8 Å². The van der Waals surface area contributed by atoms with Gasteiger partial charge in [-0.2, -0.15) is 0 Å². The van der Waals surface area contributed by atoms with E-state index in [1.165, 1.54) is 0 Å². The van der Waals surface area contributed by atoms with Crippen molar-refractivity contribution in [3.8, 4) is 0 Å². The van der Waals surface area contributed by atoms with Crippen molar-refractivity contribution in [1.29, 1.82) is 0 Å². The van der Waals surface area contributed by atoms with Crippen molar-refractivity contribution in [3.63, 3.8) is 0 Å². The molecule has 0 N–H and O–H groups in total. The van der Waals surface area contributed by atoms with Gasteiger partial charge in [0, 0.05) is 13.0 Å². The first-order valence-corrected chi connectivity index (χ1v) is 5.11. The summed E-state index contributed by atoms with van der Waals surface area (Å²) in [5.41, 5.74) is 0. The van der Waals surface area contributed by atoms with E-state index >= 15 is 0 Å². The number of nitrogens with zero attached hydrogens (tertiary/aromatic N) is 1. The van der Waals surface area contributed by atoms with Gasteiger partial charge in [0.05, 0.1) is 6.54 Å². The topological polar surface area (TPSA) is 50.5 Å². The summed E-state index contributed by atoms with van der Waals surface area (Å²) in [7, 11) is 0. The van der Waals surface area contributed by atoms with Crippen molar-refractivity contribution in [2.24, 2.45) is 0 Å². The number of hydrogen-bond acceptors (Lipinski definition) is 3. The monoisotopic (exact) mass is 207 g/mol. The van der Waals surface area contributed by atoms with Gasteiger partial charge in [-0.3, -0.25) is 9.59 Å². The van der Waals surface area contributed by atoms with Crippen LogP contribution in [0.15, 0.2) is 16.5 Å². The minimum atomic E-state index is 0.172. The molecule has 15 heavy (non-hydrogen) atoms. The van der Waals surface area contributed by atoms with Crippen LogP contribution in [0.3, 0.4) is 0 Å². The maximum absolute atomic E-state index is 11.5. The van der Waals surface area contributed by atoms with Crippen LogP contribution >= 0.6 is 0 Å². The third-order valence-corrected chi connectivity index (χ3v) is 2.57. The lowest BCUT2D eigenvalue weighted by Gasteiger charge is -2.25. The molecular formula is C11H13NO3. The Morgan fingerprint density at radius 3 is 2.93 bits per heavy atom. The lowest BCUT2D eigenvalue weighted by atomic mass is 10.1. The van der Waals surface area contributed by atoms with E-state index in [2.05, 4.69) is 0 Å². The lowest BCUT2D eigenvalue weighted by molar-refractivity contribution is -0.134. The second kappa shape index (κ2) is 4.29. The molecule has 4 heteroatoms. The predicted molar refractivity (Wildman–Crippen MR) is 53.4 cm³/mol. The number of piperidine rings is 1. The minimum absolute atomic E-state index is 0.172. The molecule has 1 aliphatic heterocycles. The van der Waals surface area contributed by atoms with Gasteiger partial charge in [-0.15, -0.1) is 0 Å². The van der Waals surface area contributed by atoms with Gasteiger partial charge in [-0.25, -0.2) is 0 Å². The third kappa shape index (κ3) is 2.26. The number of carbonyl (C=O) groups excluding carboxylic acids is 2. The fourth-order valence-electron chi connectivity index (χ4n) is 1.76. The quantitative estimate of drug-likeness (QED) is 0.707. The van der Waals surface area contributed by atoms with Gasteiger partial charge in [0.15, 0.2) is 12.0 Å². The summed E-state index contributed by atoms with van der Waals surface area (Å²) in [5.74, 6) is 1.16. The molecule has 1 aliphatic rings. The molecule has 0 radical (unpaired) electrons. The summed E-state index contributed by atoms with van der Waals surface area (Å²) in [4.78, 5) is 23.7. The SMILES string of the molecule is O=Cc1ccc(CN2CCCCC2=O)o1. The molecule has 1 amide bonds. The molecule has 4 nitrogen and oxygen atoms in total. The summed E-state index contributed by atoms with van der Waals surface area (Å²) in [6.07, 6.45) is 3.32. The van der Waals surface area contributed by atoms with Gasteiger partial charge in [0.25, 0.3) is 0 Å². The summed E-state index contributed by atoms with van der Waals surface area (Å²) in [6.45, 7) is 1.27. The highest BCUT2D eigenvalue weighted by atomic mass is 16.3. The first kappa shape index (κ1) is 9.96. The van der Waals surface area contributed by atoms with Crippen LogP contribution in [0.5, 0.6) is 0 Å². The smallest absolute Gasteiger partial charge is 0.222 e. The molecule has 0 aromatic carbocycles. The fourth-order valence-corrected chi connectivity index (χ4v) is 1.76. The van der Waals surface area contributed by atoms with Crippen molar-refractivity contribution in [2.75, 3.05) is 6.54 Å². The second-order valence-corrected chi connectivity index (χ2v) is 3.69. The van der Waals surface area contributed by atoms with Crippen LogP contribution < -0.4 is 0 Å². The Kier molecular flexibility index (Phi) is 2.85. The van der Waals surface area contributed by atoms with E-state index in [1.54, 1.807) is 17.0 Å². The fraction of sp³-hybridized carbons (Fsp3) is 0.455. The minimum Gasteiger partial charge on any atom is -0.456 e. The van der Waals surface area contributed by atoms with Gasteiger partial charge in [-0.05, 0) is 25.0 Å². The molecule has 0 atom stereocenters. The van der Waals surface area contributed by atoms with Gasteiger partial charge >= 0.3 is 0 Å². The van der Waals surface area contributed by atoms with Crippen LogP contribution in [-0.4, -0.2) is 23.6 Å². The zero-order valence-corrected chi connectivity index (χ0v) is 8.44. The average Bonchev–Trinajstić information content (AvgIpc) is 2.69. The molecule has 0 unspecified atom stereocenters. The Bertz CT molecular complexity index is 370. The summed E-state index contributed by atoms with van der Waals surface area (Å²) in [6, 6.07) is 3.36. The second-order valence-electron chi connectivity index (χ2n) is 3.69. The third-order valence-electron chi connectivity index (χ3n) is 2.57. The molecule has 80 valence electrons. The van der Waals surface area contributed by atoms with Crippen LogP contribution in [0.25, 0.3) is 0 Å². The van der Waals surface area contributed by atoms with Gasteiger partial charge in [0.2, 0.25) is 5.91 Å². The summed E-state index contributed by atoms with van der Waals surface area (Å²) >= 11 is 0. The molecule has 0 spiro atoms. The highest BCUT2D eigenvalue weighted by Crippen LogP contribution is 2.15. The summed E-state index contributed by atoms with van der Waals surface area (Å²) in [5, 5.41) is 0. The van der Waals surface area contributed by atoms with E-state index in [4.69, 9.17) is 4.42 Å². The molecule has 0 saturated carbocycles. The van der Waals surface area contributed by atoms with E-state index in [9.17, 15) is 9.59 Å². The van der Waals surface area contributed by atoms with Crippen LogP contribution in [-0.2, 0) is 11.3 Å². The van der Waals surface area contributed by atoms with Gasteiger partial charge in [-0.1, -0.05) is 0 Å². The first-order chi connectivity index (χ1) is 7.29. The van der Waals surface area contributed by atoms with E-state index in [0.717, 1.165) is 19.4 Å². The molecule has 1 aromatic heterocycles. The molecule has 1 aromatic rings. The van der Waals surface area contributed by atoms with Crippen molar-refractivity contribution in [1.82, 2.24) is 4.90 Å². The maximum Gasteiger partial charge on any atom is 0.222 e. The maximum atomic E-state index is 11.5. The van der Waals surface area contributed by atoms with Crippen LogP contribution in [0.4, 0.5) is 0 Å². The van der Waals surface area contributed by atoms with Crippen molar-refractivity contribution < 1.29 is 14.0 Å². The van der Waals surface area contributed by atoms with E-state index in [0.29, 0.717) is 30.8 Å². The van der Waals surface area contributed by atoms with Crippen LogP contribution in [0.1, 0.15) is 35.6 Å². The van der Waals surface area contributed by atoms with Crippen molar-refractivity contribution >= 4 is 12.2 Å². The molecule has 1 fully saturated rings. The lowest BCUT2D eigenvalue weighted by Crippen LogP contribution is -2.34. The highest BCUT2D eigenvalue weighted by Gasteiger charge is 2.19. The van der Waals surface area contributed by atoms with Gasteiger partial charge < -0.3 is 9.32 Å². The zero-order chi connectivity index (χ0) is 10.7. The molecule has 2 rings (SSSR count). The van der Waals surface area contributed by atoms with Crippen LogP contribution in [0.2, 0.25) is 0 Å². The van der Waals surface area contributed by atoms with E-state index in [-0.39, 0.29) is 5.91 Å². The van der Waals surface area contributed by atoms with E-state index < -0.39 is 0 Å². The standard InChI is InChI=1S/C11H13NO3/c13-8-10-5-4-9(15-10)7-12-6-2-1-3-11(12)14/h4-5,8H,1-3,6-7H2. The average molecular weight is 207 g/mol. The molecule has 2 heterocycles. The number of amides is 1.